The number of hydrogen-bond acceptors (Lipinski definition) is 4. The SMILES string of the molecule is Cc1cnc(C2CCCN2C(=O)c2cccs2)n1Cc1ccncc1. The number of aromatic nitrogens is 3. The van der Waals surface area contributed by atoms with E-state index < -0.39 is 0 Å². The van der Waals surface area contributed by atoms with Crippen LogP contribution >= 0.6 is 11.3 Å². The first-order chi connectivity index (χ1) is 12.2. The fraction of sp³-hybridized carbons (Fsp3) is 0.316. The summed E-state index contributed by atoms with van der Waals surface area (Å²) in [5.74, 6) is 1.10. The van der Waals surface area contributed by atoms with Crippen molar-refractivity contribution in [3.63, 3.8) is 0 Å². The highest BCUT2D eigenvalue weighted by Gasteiger charge is 2.34. The third kappa shape index (κ3) is 3.09. The zero-order valence-corrected chi connectivity index (χ0v) is 14.9. The molecule has 0 N–H and O–H groups in total. The predicted molar refractivity (Wildman–Crippen MR) is 97.6 cm³/mol. The zero-order valence-electron chi connectivity index (χ0n) is 14.1. The largest absolute Gasteiger partial charge is 0.328 e. The third-order valence-electron chi connectivity index (χ3n) is 4.72. The first kappa shape index (κ1) is 16.0. The summed E-state index contributed by atoms with van der Waals surface area (Å²) in [4.78, 5) is 24.4. The highest BCUT2D eigenvalue weighted by molar-refractivity contribution is 7.12. The highest BCUT2D eigenvalue weighted by Crippen LogP contribution is 2.33. The fourth-order valence-corrected chi connectivity index (χ4v) is 4.12. The second-order valence-corrected chi connectivity index (χ2v) is 7.28. The molecule has 1 aliphatic heterocycles. The lowest BCUT2D eigenvalue weighted by Gasteiger charge is -2.25. The van der Waals surface area contributed by atoms with Gasteiger partial charge >= 0.3 is 0 Å². The number of nitrogens with zero attached hydrogens (tertiary/aromatic N) is 4. The van der Waals surface area contributed by atoms with Gasteiger partial charge in [0, 0.05) is 37.4 Å². The van der Waals surface area contributed by atoms with Crippen LogP contribution in [-0.2, 0) is 6.54 Å². The number of thiophene rings is 1. The Labute approximate surface area is 151 Å². The van der Waals surface area contributed by atoms with Crippen molar-refractivity contribution >= 4 is 17.2 Å². The van der Waals surface area contributed by atoms with Crippen LogP contribution in [0.3, 0.4) is 0 Å². The summed E-state index contributed by atoms with van der Waals surface area (Å²) < 4.78 is 2.22. The molecule has 0 saturated carbocycles. The molecule has 1 aliphatic rings. The van der Waals surface area contributed by atoms with Gasteiger partial charge in [0.15, 0.2) is 0 Å². The Morgan fingerprint density at radius 3 is 2.92 bits per heavy atom. The number of pyridine rings is 1. The van der Waals surface area contributed by atoms with Gasteiger partial charge in [-0.15, -0.1) is 11.3 Å². The second kappa shape index (κ2) is 6.80. The minimum absolute atomic E-state index is 0.0464. The van der Waals surface area contributed by atoms with Crippen LogP contribution in [0.4, 0.5) is 0 Å². The smallest absolute Gasteiger partial charge is 0.264 e. The van der Waals surface area contributed by atoms with Gasteiger partial charge in [0.05, 0.1) is 10.9 Å². The molecule has 0 aromatic carbocycles. The van der Waals surface area contributed by atoms with Crippen molar-refractivity contribution in [2.45, 2.75) is 32.4 Å². The van der Waals surface area contributed by atoms with Crippen LogP contribution in [-0.4, -0.2) is 31.9 Å². The molecule has 0 aliphatic carbocycles. The molecule has 4 heterocycles. The maximum absolute atomic E-state index is 12.9. The van der Waals surface area contributed by atoms with Crippen LogP contribution in [0.25, 0.3) is 0 Å². The van der Waals surface area contributed by atoms with Crippen LogP contribution in [0.2, 0.25) is 0 Å². The van der Waals surface area contributed by atoms with E-state index in [2.05, 4.69) is 21.5 Å². The molecule has 0 radical (unpaired) electrons. The first-order valence-corrected chi connectivity index (χ1v) is 9.37. The standard InChI is InChI=1S/C19H20N4OS/c1-14-12-21-18(23(14)13-15-6-8-20-9-7-15)16-4-2-10-22(16)19(24)17-5-3-11-25-17/h3,5-9,11-12,16H,2,4,10,13H2,1H3. The molecule has 0 spiro atoms. The molecule has 128 valence electrons. The van der Waals surface area contributed by atoms with E-state index in [1.165, 1.54) is 16.9 Å². The van der Waals surface area contributed by atoms with Crippen LogP contribution in [0, 0.1) is 6.92 Å². The number of carbonyl (C=O) groups is 1. The van der Waals surface area contributed by atoms with Gasteiger partial charge in [-0.2, -0.15) is 0 Å². The summed E-state index contributed by atoms with van der Waals surface area (Å²) in [6.45, 7) is 3.61. The maximum Gasteiger partial charge on any atom is 0.264 e. The molecule has 1 atom stereocenters. The number of hydrogen-bond donors (Lipinski definition) is 0. The Balaban J connectivity index is 1.64. The number of likely N-dealkylation sites (tertiary alicyclic amines) is 1. The lowest BCUT2D eigenvalue weighted by molar-refractivity contribution is 0.0732. The quantitative estimate of drug-likeness (QED) is 0.720. The lowest BCUT2D eigenvalue weighted by Crippen LogP contribution is -2.31. The third-order valence-corrected chi connectivity index (χ3v) is 5.58. The lowest BCUT2D eigenvalue weighted by atomic mass is 10.2. The van der Waals surface area contributed by atoms with Gasteiger partial charge < -0.3 is 9.47 Å². The summed E-state index contributed by atoms with van der Waals surface area (Å²) in [6.07, 6.45) is 7.50. The number of carbonyl (C=O) groups excluding carboxylic acids is 1. The van der Waals surface area contributed by atoms with Crippen LogP contribution in [0.15, 0.2) is 48.2 Å². The molecular formula is C19H20N4OS. The Bertz CT molecular complexity index is 857. The minimum atomic E-state index is 0.0464. The van der Waals surface area contributed by atoms with Crippen LogP contribution < -0.4 is 0 Å². The van der Waals surface area contributed by atoms with Crippen LogP contribution in [0.1, 0.15) is 45.6 Å². The summed E-state index contributed by atoms with van der Waals surface area (Å²) >= 11 is 1.50. The average molecular weight is 352 g/mol. The van der Waals surface area contributed by atoms with E-state index in [0.717, 1.165) is 42.3 Å². The van der Waals surface area contributed by atoms with Gasteiger partial charge in [0.1, 0.15) is 5.82 Å². The number of amides is 1. The van der Waals surface area contributed by atoms with E-state index in [1.54, 1.807) is 0 Å². The maximum atomic E-state index is 12.9. The molecule has 4 rings (SSSR count). The van der Waals surface area contributed by atoms with E-state index in [1.807, 2.05) is 53.1 Å². The van der Waals surface area contributed by atoms with Crippen molar-refractivity contribution < 1.29 is 4.79 Å². The monoisotopic (exact) mass is 352 g/mol. The van der Waals surface area contributed by atoms with E-state index in [4.69, 9.17) is 0 Å². The molecule has 0 bridgehead atoms. The van der Waals surface area contributed by atoms with E-state index in [0.29, 0.717) is 0 Å². The molecule has 3 aromatic heterocycles. The molecule has 5 nitrogen and oxygen atoms in total. The van der Waals surface area contributed by atoms with Gasteiger partial charge in [0.25, 0.3) is 5.91 Å². The molecule has 25 heavy (non-hydrogen) atoms. The van der Waals surface area contributed by atoms with E-state index >= 15 is 0 Å². The normalized spacial score (nSPS) is 17.2. The Kier molecular flexibility index (Phi) is 4.36. The van der Waals surface area contributed by atoms with Gasteiger partial charge in [0.2, 0.25) is 0 Å². The van der Waals surface area contributed by atoms with Gasteiger partial charge in [-0.3, -0.25) is 9.78 Å². The Hall–Kier alpha value is -2.47. The Morgan fingerprint density at radius 1 is 1.32 bits per heavy atom. The topological polar surface area (TPSA) is 51.0 Å². The van der Waals surface area contributed by atoms with Gasteiger partial charge in [-0.1, -0.05) is 6.07 Å². The number of imidazole rings is 1. The average Bonchev–Trinajstić information content (AvgIpc) is 3.37. The van der Waals surface area contributed by atoms with Crippen molar-refractivity contribution in [3.05, 3.63) is 70.2 Å². The summed E-state index contributed by atoms with van der Waals surface area (Å²) in [6, 6.07) is 7.91. The first-order valence-electron chi connectivity index (χ1n) is 8.49. The predicted octanol–water partition coefficient (Wildman–Crippen LogP) is 3.67. The van der Waals surface area contributed by atoms with Gasteiger partial charge in [-0.25, -0.2) is 4.98 Å². The summed E-state index contributed by atoms with van der Waals surface area (Å²) in [5, 5.41) is 1.95. The Morgan fingerprint density at radius 2 is 2.16 bits per heavy atom. The number of aryl methyl sites for hydroxylation is 1. The molecule has 1 unspecified atom stereocenters. The molecule has 1 amide bonds. The van der Waals surface area contributed by atoms with E-state index in [9.17, 15) is 4.79 Å². The molecule has 1 fully saturated rings. The zero-order chi connectivity index (χ0) is 17.2. The molecule has 6 heteroatoms. The summed E-state index contributed by atoms with van der Waals surface area (Å²) in [7, 11) is 0. The number of rotatable bonds is 4. The van der Waals surface area contributed by atoms with Crippen molar-refractivity contribution in [3.8, 4) is 0 Å². The fourth-order valence-electron chi connectivity index (χ4n) is 3.44. The summed E-state index contributed by atoms with van der Waals surface area (Å²) in [5.41, 5.74) is 2.30. The van der Waals surface area contributed by atoms with Crippen molar-refractivity contribution in [1.29, 1.82) is 0 Å². The van der Waals surface area contributed by atoms with Crippen molar-refractivity contribution in [1.82, 2.24) is 19.4 Å². The molecule has 1 saturated heterocycles. The molecule has 3 aromatic rings. The van der Waals surface area contributed by atoms with Crippen molar-refractivity contribution in [2.75, 3.05) is 6.54 Å². The second-order valence-electron chi connectivity index (χ2n) is 6.33. The van der Waals surface area contributed by atoms with E-state index in [-0.39, 0.29) is 11.9 Å². The van der Waals surface area contributed by atoms with Crippen molar-refractivity contribution in [2.24, 2.45) is 0 Å². The highest BCUT2D eigenvalue weighted by atomic mass is 32.1. The molecular weight excluding hydrogens is 332 g/mol. The van der Waals surface area contributed by atoms with Crippen LogP contribution in [0.5, 0.6) is 0 Å². The van der Waals surface area contributed by atoms with Gasteiger partial charge in [-0.05, 0) is 48.9 Å². The minimum Gasteiger partial charge on any atom is -0.328 e.